The van der Waals surface area contributed by atoms with Gasteiger partial charge in [0.15, 0.2) is 0 Å². The lowest BCUT2D eigenvalue weighted by atomic mass is 9.67. The van der Waals surface area contributed by atoms with Crippen molar-refractivity contribution < 1.29 is 0 Å². The van der Waals surface area contributed by atoms with Gasteiger partial charge in [-0.1, -0.05) is 31.1 Å². The van der Waals surface area contributed by atoms with Gasteiger partial charge in [-0.25, -0.2) is 0 Å². The molecule has 2 rings (SSSR count). The number of fused-ring (bicyclic) bond motifs is 1. The van der Waals surface area contributed by atoms with Crippen molar-refractivity contribution in [3.63, 3.8) is 0 Å². The molecular weight excluding hydrogens is 168 g/mol. The molecule has 0 bridgehead atoms. The first-order valence-corrected chi connectivity index (χ1v) is 6.00. The van der Waals surface area contributed by atoms with E-state index in [0.717, 1.165) is 5.92 Å². The fraction of sp³-hybridized carbons (Fsp3) is 0.714. The van der Waals surface area contributed by atoms with Crippen molar-refractivity contribution >= 4 is 0 Å². The van der Waals surface area contributed by atoms with Gasteiger partial charge in [-0.15, -0.1) is 0 Å². The van der Waals surface area contributed by atoms with Gasteiger partial charge in [0.25, 0.3) is 0 Å². The molecule has 0 aromatic carbocycles. The minimum atomic E-state index is 0.633. The van der Waals surface area contributed by atoms with Crippen molar-refractivity contribution in [2.45, 2.75) is 52.9 Å². The Kier molecular flexibility index (Phi) is 2.55. The molecule has 2 aliphatic rings. The second kappa shape index (κ2) is 3.56. The summed E-state index contributed by atoms with van der Waals surface area (Å²) < 4.78 is 0. The van der Waals surface area contributed by atoms with Crippen LogP contribution in [0.4, 0.5) is 0 Å². The third kappa shape index (κ3) is 1.45. The lowest BCUT2D eigenvalue weighted by Gasteiger charge is -2.38. The predicted molar refractivity (Wildman–Crippen MR) is 62.2 cm³/mol. The minimum absolute atomic E-state index is 0.633. The third-order valence-electron chi connectivity index (χ3n) is 4.37. The Morgan fingerprint density at radius 2 is 2.14 bits per heavy atom. The molecule has 2 atom stereocenters. The van der Waals surface area contributed by atoms with Crippen LogP contribution in [0, 0.1) is 11.3 Å². The van der Waals surface area contributed by atoms with Crippen molar-refractivity contribution in [2.24, 2.45) is 11.3 Å². The molecule has 0 spiro atoms. The Morgan fingerprint density at radius 1 is 1.36 bits per heavy atom. The maximum Gasteiger partial charge on any atom is -0.0109 e. The highest BCUT2D eigenvalue weighted by Crippen LogP contribution is 2.54. The summed E-state index contributed by atoms with van der Waals surface area (Å²) >= 11 is 0. The number of hydrogen-bond acceptors (Lipinski definition) is 0. The standard InChI is InChI=1S/C14H22/c1-4-6-12-11(2)8-10-14(3)9-5-7-13(12)14/h4,6,13H,5,7-10H2,1-3H3/t13-,14-/m0/s1. The molecule has 1 saturated carbocycles. The van der Waals surface area contributed by atoms with Gasteiger partial charge >= 0.3 is 0 Å². The summed E-state index contributed by atoms with van der Waals surface area (Å²) in [5, 5.41) is 0. The van der Waals surface area contributed by atoms with E-state index in [2.05, 4.69) is 32.9 Å². The van der Waals surface area contributed by atoms with Crippen molar-refractivity contribution in [2.75, 3.05) is 0 Å². The van der Waals surface area contributed by atoms with Crippen molar-refractivity contribution in [1.82, 2.24) is 0 Å². The summed E-state index contributed by atoms with van der Waals surface area (Å²) in [6, 6.07) is 0. The Hall–Kier alpha value is -0.520. The summed E-state index contributed by atoms with van der Waals surface area (Å²) in [5.41, 5.74) is 3.94. The lowest BCUT2D eigenvalue weighted by molar-refractivity contribution is 0.226. The summed E-state index contributed by atoms with van der Waals surface area (Å²) in [7, 11) is 0. The molecule has 0 aromatic heterocycles. The Balaban J connectivity index is 2.35. The second-order valence-corrected chi connectivity index (χ2v) is 5.33. The molecule has 2 aliphatic carbocycles. The third-order valence-corrected chi connectivity index (χ3v) is 4.37. The van der Waals surface area contributed by atoms with E-state index in [9.17, 15) is 0 Å². The van der Waals surface area contributed by atoms with Crippen LogP contribution in [0.2, 0.25) is 0 Å². The summed E-state index contributed by atoms with van der Waals surface area (Å²) in [6.45, 7) is 6.97. The first-order chi connectivity index (χ1) is 6.67. The minimum Gasteiger partial charge on any atom is -0.0874 e. The van der Waals surface area contributed by atoms with Gasteiger partial charge in [-0.2, -0.15) is 0 Å². The van der Waals surface area contributed by atoms with Crippen LogP contribution in [-0.4, -0.2) is 0 Å². The SMILES string of the molecule is CC=CC1=C(C)CC[C@]2(C)CCC[C@@H]12. The Labute approximate surface area is 88.1 Å². The number of rotatable bonds is 1. The first-order valence-electron chi connectivity index (χ1n) is 6.00. The Morgan fingerprint density at radius 3 is 2.86 bits per heavy atom. The molecule has 0 heteroatoms. The van der Waals surface area contributed by atoms with Crippen LogP contribution in [0.1, 0.15) is 52.9 Å². The normalized spacial score (nSPS) is 38.1. The predicted octanol–water partition coefficient (Wildman–Crippen LogP) is 4.48. The van der Waals surface area contributed by atoms with E-state index in [0.29, 0.717) is 5.41 Å². The van der Waals surface area contributed by atoms with Crippen LogP contribution in [0.25, 0.3) is 0 Å². The molecule has 0 aromatic rings. The van der Waals surface area contributed by atoms with E-state index >= 15 is 0 Å². The van der Waals surface area contributed by atoms with Crippen LogP contribution < -0.4 is 0 Å². The summed E-state index contributed by atoms with van der Waals surface area (Å²) in [4.78, 5) is 0. The van der Waals surface area contributed by atoms with Gasteiger partial charge in [0.05, 0.1) is 0 Å². The fourth-order valence-electron chi connectivity index (χ4n) is 3.42. The molecule has 0 amide bonds. The molecule has 0 saturated heterocycles. The van der Waals surface area contributed by atoms with Gasteiger partial charge < -0.3 is 0 Å². The highest BCUT2D eigenvalue weighted by Gasteiger charge is 2.42. The largest absolute Gasteiger partial charge is 0.0874 e. The van der Waals surface area contributed by atoms with E-state index < -0.39 is 0 Å². The second-order valence-electron chi connectivity index (χ2n) is 5.33. The van der Waals surface area contributed by atoms with E-state index in [1.807, 2.05) is 0 Å². The zero-order valence-corrected chi connectivity index (χ0v) is 9.77. The number of allylic oxidation sites excluding steroid dienone is 4. The van der Waals surface area contributed by atoms with Crippen LogP contribution >= 0.6 is 0 Å². The monoisotopic (exact) mass is 190 g/mol. The van der Waals surface area contributed by atoms with Crippen LogP contribution in [-0.2, 0) is 0 Å². The highest BCUT2D eigenvalue weighted by molar-refractivity contribution is 5.32. The van der Waals surface area contributed by atoms with E-state index in [-0.39, 0.29) is 0 Å². The summed E-state index contributed by atoms with van der Waals surface area (Å²) in [6.07, 6.45) is 11.6. The van der Waals surface area contributed by atoms with Crippen molar-refractivity contribution in [3.05, 3.63) is 23.3 Å². The first kappa shape index (κ1) is 10.0. The van der Waals surface area contributed by atoms with Gasteiger partial charge in [-0.05, 0) is 56.4 Å². The molecule has 0 N–H and O–H groups in total. The molecule has 0 radical (unpaired) electrons. The lowest BCUT2D eigenvalue weighted by Crippen LogP contribution is -2.27. The fourth-order valence-corrected chi connectivity index (χ4v) is 3.42. The smallest absolute Gasteiger partial charge is 0.0109 e. The molecule has 78 valence electrons. The highest BCUT2D eigenvalue weighted by atomic mass is 14.5. The van der Waals surface area contributed by atoms with E-state index in [4.69, 9.17) is 0 Å². The summed E-state index contributed by atoms with van der Waals surface area (Å²) in [5.74, 6) is 0.868. The van der Waals surface area contributed by atoms with Crippen LogP contribution in [0.3, 0.4) is 0 Å². The maximum absolute atomic E-state index is 2.50. The Bertz CT molecular complexity index is 282. The van der Waals surface area contributed by atoms with Crippen molar-refractivity contribution in [3.8, 4) is 0 Å². The van der Waals surface area contributed by atoms with E-state index in [1.165, 1.54) is 32.1 Å². The average molecular weight is 190 g/mol. The molecule has 0 aliphatic heterocycles. The quantitative estimate of drug-likeness (QED) is 0.572. The van der Waals surface area contributed by atoms with Gasteiger partial charge in [0.2, 0.25) is 0 Å². The van der Waals surface area contributed by atoms with Crippen LogP contribution in [0.5, 0.6) is 0 Å². The zero-order valence-electron chi connectivity index (χ0n) is 9.77. The molecule has 14 heavy (non-hydrogen) atoms. The molecule has 0 nitrogen and oxygen atoms in total. The topological polar surface area (TPSA) is 0 Å². The van der Waals surface area contributed by atoms with Crippen LogP contribution in [0.15, 0.2) is 23.3 Å². The van der Waals surface area contributed by atoms with E-state index in [1.54, 1.807) is 11.1 Å². The van der Waals surface area contributed by atoms with Crippen molar-refractivity contribution in [1.29, 1.82) is 0 Å². The van der Waals surface area contributed by atoms with Gasteiger partial charge in [-0.3, -0.25) is 0 Å². The average Bonchev–Trinajstić information content (AvgIpc) is 2.54. The zero-order chi connectivity index (χ0) is 10.2. The molecular formula is C14H22. The van der Waals surface area contributed by atoms with Gasteiger partial charge in [0.1, 0.15) is 0 Å². The van der Waals surface area contributed by atoms with Gasteiger partial charge in [0, 0.05) is 0 Å². The maximum atomic E-state index is 2.50. The molecule has 0 unspecified atom stereocenters. The molecule has 0 heterocycles. The molecule has 1 fully saturated rings. The number of hydrogen-bond donors (Lipinski definition) is 0.